The highest BCUT2D eigenvalue weighted by Gasteiger charge is 2.39. The molecule has 0 radical (unpaired) electrons. The molecule has 3 rings (SSSR count). The van der Waals surface area contributed by atoms with E-state index in [2.05, 4.69) is 12.2 Å². The number of hydrogen-bond acceptors (Lipinski definition) is 5. The SMILES string of the molecule is CCCCC(Oc1ccc2c(c1)CN(C1CCC(=O)NC1=O)C2=O)C(C)N. The molecule has 3 N–H and O–H groups in total. The first kappa shape index (κ1) is 19.4. The smallest absolute Gasteiger partial charge is 0.255 e. The molecule has 1 saturated heterocycles. The number of benzene rings is 1. The first-order valence-electron chi connectivity index (χ1n) is 9.60. The van der Waals surface area contributed by atoms with E-state index in [1.807, 2.05) is 13.0 Å². The number of rotatable bonds is 7. The number of carbonyl (C=O) groups is 3. The van der Waals surface area contributed by atoms with Crippen molar-refractivity contribution in [3.63, 3.8) is 0 Å². The van der Waals surface area contributed by atoms with Gasteiger partial charge >= 0.3 is 0 Å². The maximum absolute atomic E-state index is 12.7. The molecule has 0 bridgehead atoms. The van der Waals surface area contributed by atoms with E-state index >= 15 is 0 Å². The Balaban J connectivity index is 1.73. The topological polar surface area (TPSA) is 102 Å². The predicted octanol–water partition coefficient (Wildman–Crippen LogP) is 1.73. The van der Waals surface area contributed by atoms with Crippen LogP contribution in [0.5, 0.6) is 5.75 Å². The van der Waals surface area contributed by atoms with E-state index in [4.69, 9.17) is 10.5 Å². The van der Waals surface area contributed by atoms with Crippen LogP contribution in [-0.2, 0) is 16.1 Å². The molecule has 0 saturated carbocycles. The molecule has 7 heteroatoms. The number of fused-ring (bicyclic) bond motifs is 1. The normalized spacial score (nSPS) is 21.7. The number of amides is 3. The Morgan fingerprint density at radius 2 is 2.11 bits per heavy atom. The number of piperidine rings is 1. The summed E-state index contributed by atoms with van der Waals surface area (Å²) in [7, 11) is 0. The highest BCUT2D eigenvalue weighted by Crippen LogP contribution is 2.30. The van der Waals surface area contributed by atoms with Crippen LogP contribution in [-0.4, -0.2) is 40.8 Å². The van der Waals surface area contributed by atoms with Crippen molar-refractivity contribution in [3.05, 3.63) is 29.3 Å². The number of imide groups is 1. The number of nitrogens with two attached hydrogens (primary N) is 1. The zero-order valence-corrected chi connectivity index (χ0v) is 15.9. The quantitative estimate of drug-likeness (QED) is 0.709. The van der Waals surface area contributed by atoms with E-state index in [0.717, 1.165) is 24.8 Å². The van der Waals surface area contributed by atoms with Crippen LogP contribution in [0.15, 0.2) is 18.2 Å². The number of hydrogen-bond donors (Lipinski definition) is 2. The Morgan fingerprint density at radius 3 is 2.78 bits per heavy atom. The number of ether oxygens (including phenoxy) is 1. The first-order valence-corrected chi connectivity index (χ1v) is 9.60. The molecule has 7 nitrogen and oxygen atoms in total. The Labute approximate surface area is 159 Å². The highest BCUT2D eigenvalue weighted by atomic mass is 16.5. The van der Waals surface area contributed by atoms with Crippen LogP contribution < -0.4 is 15.8 Å². The summed E-state index contributed by atoms with van der Waals surface area (Å²) in [6, 6.07) is 4.70. The maximum Gasteiger partial charge on any atom is 0.255 e. The second kappa shape index (κ2) is 8.08. The Morgan fingerprint density at radius 1 is 1.33 bits per heavy atom. The zero-order valence-electron chi connectivity index (χ0n) is 15.9. The standard InChI is InChI=1S/C20H27N3O4/c1-3-4-5-17(12(2)21)27-14-6-7-15-13(10-14)11-23(20(15)26)16-8-9-18(24)22-19(16)25/h6-7,10,12,16-17H,3-5,8-9,11,21H2,1-2H3,(H,22,24,25). The average Bonchev–Trinajstić information content (AvgIpc) is 2.94. The van der Waals surface area contributed by atoms with Crippen molar-refractivity contribution in [2.45, 2.75) is 70.7 Å². The summed E-state index contributed by atoms with van der Waals surface area (Å²) in [6.07, 6.45) is 3.53. The summed E-state index contributed by atoms with van der Waals surface area (Å²) in [5.41, 5.74) is 7.46. The Hall–Kier alpha value is -2.41. The van der Waals surface area contributed by atoms with Crippen molar-refractivity contribution in [1.29, 1.82) is 0 Å². The summed E-state index contributed by atoms with van der Waals surface area (Å²) in [4.78, 5) is 37.7. The van der Waals surface area contributed by atoms with E-state index in [9.17, 15) is 14.4 Å². The average molecular weight is 373 g/mol. The fourth-order valence-corrected chi connectivity index (χ4v) is 3.63. The van der Waals surface area contributed by atoms with Crippen molar-refractivity contribution in [2.24, 2.45) is 5.73 Å². The first-order chi connectivity index (χ1) is 12.9. The van der Waals surface area contributed by atoms with Gasteiger partial charge in [-0.25, -0.2) is 0 Å². The summed E-state index contributed by atoms with van der Waals surface area (Å²) < 4.78 is 6.08. The molecule has 1 fully saturated rings. The van der Waals surface area contributed by atoms with Crippen LogP contribution in [0.2, 0.25) is 0 Å². The van der Waals surface area contributed by atoms with Gasteiger partial charge in [-0.3, -0.25) is 19.7 Å². The van der Waals surface area contributed by atoms with Gasteiger partial charge in [0.25, 0.3) is 5.91 Å². The lowest BCUT2D eigenvalue weighted by Gasteiger charge is -2.29. The highest BCUT2D eigenvalue weighted by molar-refractivity contribution is 6.05. The van der Waals surface area contributed by atoms with Gasteiger partial charge in [0.1, 0.15) is 17.9 Å². The van der Waals surface area contributed by atoms with Crippen molar-refractivity contribution >= 4 is 17.7 Å². The largest absolute Gasteiger partial charge is 0.489 e. The molecule has 0 spiro atoms. The molecule has 0 aromatic heterocycles. The van der Waals surface area contributed by atoms with E-state index < -0.39 is 11.9 Å². The van der Waals surface area contributed by atoms with Gasteiger partial charge < -0.3 is 15.4 Å². The molecule has 3 amide bonds. The lowest BCUT2D eigenvalue weighted by atomic mass is 10.0. The molecule has 2 aliphatic heterocycles. The molecule has 2 heterocycles. The second-order valence-electron chi connectivity index (χ2n) is 7.38. The van der Waals surface area contributed by atoms with Gasteiger partial charge in [0.05, 0.1) is 0 Å². The van der Waals surface area contributed by atoms with Crippen molar-refractivity contribution in [3.8, 4) is 5.75 Å². The minimum atomic E-state index is -0.603. The van der Waals surface area contributed by atoms with E-state index in [0.29, 0.717) is 24.3 Å². The lowest BCUT2D eigenvalue weighted by Crippen LogP contribution is -2.52. The van der Waals surface area contributed by atoms with Crippen molar-refractivity contribution in [1.82, 2.24) is 10.2 Å². The third kappa shape index (κ3) is 4.13. The molecule has 2 aliphatic rings. The van der Waals surface area contributed by atoms with Gasteiger partial charge in [-0.1, -0.05) is 13.3 Å². The van der Waals surface area contributed by atoms with E-state index in [-0.39, 0.29) is 30.4 Å². The van der Waals surface area contributed by atoms with Crippen molar-refractivity contribution < 1.29 is 19.1 Å². The number of nitrogens with zero attached hydrogens (tertiary/aromatic N) is 1. The maximum atomic E-state index is 12.7. The van der Waals surface area contributed by atoms with Gasteiger partial charge in [-0.05, 0) is 49.9 Å². The van der Waals surface area contributed by atoms with E-state index in [1.165, 1.54) is 4.90 Å². The molecule has 3 unspecified atom stereocenters. The monoisotopic (exact) mass is 373 g/mol. The van der Waals surface area contributed by atoms with Crippen LogP contribution in [0.25, 0.3) is 0 Å². The fourth-order valence-electron chi connectivity index (χ4n) is 3.63. The van der Waals surface area contributed by atoms with Gasteiger partial charge in [0.15, 0.2) is 0 Å². The van der Waals surface area contributed by atoms with Gasteiger partial charge in [-0.15, -0.1) is 0 Å². The van der Waals surface area contributed by atoms with Crippen LogP contribution in [0, 0.1) is 0 Å². The predicted molar refractivity (Wildman–Crippen MR) is 100 cm³/mol. The molecule has 27 heavy (non-hydrogen) atoms. The molecule has 146 valence electrons. The van der Waals surface area contributed by atoms with Crippen molar-refractivity contribution in [2.75, 3.05) is 0 Å². The number of unbranched alkanes of at least 4 members (excludes halogenated alkanes) is 1. The van der Waals surface area contributed by atoms with Crippen LogP contribution in [0.4, 0.5) is 0 Å². The fraction of sp³-hybridized carbons (Fsp3) is 0.550. The molecule has 3 atom stereocenters. The van der Waals surface area contributed by atoms with Gasteiger partial charge in [0, 0.05) is 24.6 Å². The number of nitrogens with one attached hydrogen (secondary N) is 1. The third-order valence-corrected chi connectivity index (χ3v) is 5.21. The molecular formula is C20H27N3O4. The summed E-state index contributed by atoms with van der Waals surface area (Å²) in [5, 5.41) is 2.31. The third-order valence-electron chi connectivity index (χ3n) is 5.21. The Kier molecular flexibility index (Phi) is 5.79. The number of carbonyl (C=O) groups excluding carboxylic acids is 3. The summed E-state index contributed by atoms with van der Waals surface area (Å²) >= 11 is 0. The minimum Gasteiger partial charge on any atom is -0.489 e. The molecule has 1 aromatic rings. The van der Waals surface area contributed by atoms with Crippen LogP contribution >= 0.6 is 0 Å². The zero-order chi connectivity index (χ0) is 19.6. The second-order valence-corrected chi connectivity index (χ2v) is 7.38. The van der Waals surface area contributed by atoms with Crippen LogP contribution in [0.1, 0.15) is 61.9 Å². The summed E-state index contributed by atoms with van der Waals surface area (Å²) in [6.45, 7) is 4.40. The molecule has 0 aliphatic carbocycles. The molecule has 1 aromatic carbocycles. The van der Waals surface area contributed by atoms with E-state index in [1.54, 1.807) is 12.1 Å². The Bertz CT molecular complexity index is 747. The molecular weight excluding hydrogens is 346 g/mol. The van der Waals surface area contributed by atoms with Gasteiger partial charge in [-0.2, -0.15) is 0 Å². The minimum absolute atomic E-state index is 0.0775. The van der Waals surface area contributed by atoms with Gasteiger partial charge in [0.2, 0.25) is 11.8 Å². The summed E-state index contributed by atoms with van der Waals surface area (Å²) in [5.74, 6) is -0.184. The van der Waals surface area contributed by atoms with Crippen LogP contribution in [0.3, 0.4) is 0 Å². The lowest BCUT2D eigenvalue weighted by molar-refractivity contribution is -0.136.